The number of hydrogen-bond donors (Lipinski definition) is 2. The molecule has 0 bridgehead atoms. The summed E-state index contributed by atoms with van der Waals surface area (Å²) in [4.78, 5) is 39.5. The van der Waals surface area contributed by atoms with E-state index in [1.165, 1.54) is 0 Å². The van der Waals surface area contributed by atoms with Gasteiger partial charge in [0.2, 0.25) is 0 Å². The van der Waals surface area contributed by atoms with Crippen LogP contribution in [0.3, 0.4) is 0 Å². The van der Waals surface area contributed by atoms with Crippen molar-refractivity contribution in [2.75, 3.05) is 11.4 Å². The van der Waals surface area contributed by atoms with Gasteiger partial charge in [-0.25, -0.2) is 5.43 Å². The Bertz CT molecular complexity index is 1280. The lowest BCUT2D eigenvalue weighted by Crippen LogP contribution is -2.36. The number of nitrogens with one attached hydrogen (secondary N) is 2. The number of anilines is 1. The predicted molar refractivity (Wildman–Crippen MR) is 136 cm³/mol. The van der Waals surface area contributed by atoms with Crippen LogP contribution in [-0.4, -0.2) is 30.0 Å². The molecule has 0 aromatic heterocycles. The molecule has 0 aliphatic carbocycles. The Morgan fingerprint density at radius 3 is 2.23 bits per heavy atom. The standard InChI is InChI=1S/C28H28N4O3/c1-28(2,3)21-15-13-20(14-16-21)26(34)29-17-24(33)30-31-25-22-11-7-8-12-23(22)32(27(25)35)18-19-9-5-4-6-10-19/h4-16H,17-18H2,1-3H3,(H,29,34)(H,30,33)/b31-25-. The third-order valence-corrected chi connectivity index (χ3v) is 5.80. The molecule has 3 aromatic carbocycles. The second kappa shape index (κ2) is 9.93. The first-order valence-corrected chi connectivity index (χ1v) is 11.4. The third kappa shape index (κ3) is 5.46. The van der Waals surface area contributed by atoms with Crippen molar-refractivity contribution in [2.45, 2.75) is 32.7 Å². The molecule has 2 N–H and O–H groups in total. The maximum absolute atomic E-state index is 13.1. The highest BCUT2D eigenvalue weighted by atomic mass is 16.2. The van der Waals surface area contributed by atoms with Gasteiger partial charge < -0.3 is 10.2 Å². The van der Waals surface area contributed by atoms with Crippen molar-refractivity contribution in [3.05, 3.63) is 101 Å². The summed E-state index contributed by atoms with van der Waals surface area (Å²) in [6.45, 7) is 6.43. The zero-order valence-corrected chi connectivity index (χ0v) is 20.0. The molecule has 1 heterocycles. The first-order chi connectivity index (χ1) is 16.7. The summed E-state index contributed by atoms with van der Waals surface area (Å²) in [6, 6.07) is 24.3. The number of fused-ring (bicyclic) bond motifs is 1. The van der Waals surface area contributed by atoms with E-state index in [2.05, 4.69) is 36.6 Å². The number of para-hydroxylation sites is 1. The van der Waals surface area contributed by atoms with Crippen LogP contribution in [-0.2, 0) is 21.5 Å². The molecule has 0 unspecified atom stereocenters. The number of nitrogens with zero attached hydrogens (tertiary/aromatic N) is 2. The molecule has 0 radical (unpaired) electrons. The highest BCUT2D eigenvalue weighted by Crippen LogP contribution is 2.30. The Hall–Kier alpha value is -4.26. The van der Waals surface area contributed by atoms with Crippen molar-refractivity contribution in [3.63, 3.8) is 0 Å². The van der Waals surface area contributed by atoms with Gasteiger partial charge in [-0.15, -0.1) is 0 Å². The fourth-order valence-electron chi connectivity index (χ4n) is 3.83. The van der Waals surface area contributed by atoms with Gasteiger partial charge in [0.1, 0.15) is 0 Å². The van der Waals surface area contributed by atoms with Crippen molar-refractivity contribution < 1.29 is 14.4 Å². The number of carbonyl (C=O) groups is 3. The van der Waals surface area contributed by atoms with Crippen molar-refractivity contribution in [2.24, 2.45) is 5.10 Å². The number of hydrogen-bond acceptors (Lipinski definition) is 4. The fourth-order valence-corrected chi connectivity index (χ4v) is 3.83. The van der Waals surface area contributed by atoms with E-state index < -0.39 is 5.91 Å². The van der Waals surface area contributed by atoms with Crippen LogP contribution in [0.5, 0.6) is 0 Å². The maximum atomic E-state index is 13.1. The van der Waals surface area contributed by atoms with Gasteiger partial charge in [-0.2, -0.15) is 5.10 Å². The molecule has 3 amide bonds. The summed E-state index contributed by atoms with van der Waals surface area (Å²) >= 11 is 0. The van der Waals surface area contributed by atoms with Gasteiger partial charge >= 0.3 is 0 Å². The van der Waals surface area contributed by atoms with Crippen LogP contribution in [0.1, 0.15) is 47.8 Å². The van der Waals surface area contributed by atoms with Crippen LogP contribution in [0.4, 0.5) is 5.69 Å². The average Bonchev–Trinajstić information content (AvgIpc) is 3.12. The minimum Gasteiger partial charge on any atom is -0.343 e. The van der Waals surface area contributed by atoms with E-state index in [0.29, 0.717) is 17.7 Å². The molecular formula is C28H28N4O3. The van der Waals surface area contributed by atoms with Gasteiger partial charge in [0.15, 0.2) is 5.71 Å². The van der Waals surface area contributed by atoms with Crippen molar-refractivity contribution >= 4 is 29.1 Å². The van der Waals surface area contributed by atoms with E-state index in [0.717, 1.165) is 16.8 Å². The average molecular weight is 469 g/mol. The molecule has 4 rings (SSSR count). The molecule has 0 saturated carbocycles. The van der Waals surface area contributed by atoms with Gasteiger partial charge in [0, 0.05) is 11.1 Å². The molecule has 0 spiro atoms. The summed E-state index contributed by atoms with van der Waals surface area (Å²) < 4.78 is 0. The topological polar surface area (TPSA) is 90.9 Å². The number of amides is 3. The SMILES string of the molecule is CC(C)(C)c1ccc(C(=O)NCC(=O)N/N=C2\C(=O)N(Cc3ccccc3)c3ccccc32)cc1. The Morgan fingerprint density at radius 2 is 1.54 bits per heavy atom. The maximum Gasteiger partial charge on any atom is 0.279 e. The molecule has 178 valence electrons. The van der Waals surface area contributed by atoms with Gasteiger partial charge in [-0.3, -0.25) is 14.4 Å². The number of benzene rings is 3. The minimum atomic E-state index is -0.524. The van der Waals surface area contributed by atoms with Crippen LogP contribution >= 0.6 is 0 Å². The van der Waals surface area contributed by atoms with Crippen molar-refractivity contribution in [1.82, 2.24) is 10.7 Å². The number of carbonyl (C=O) groups excluding carboxylic acids is 3. The molecule has 0 fully saturated rings. The number of hydrazone groups is 1. The molecule has 0 atom stereocenters. The summed E-state index contributed by atoms with van der Waals surface area (Å²) in [5.41, 5.74) is 6.51. The van der Waals surface area contributed by atoms with Gasteiger partial charge in [0.05, 0.1) is 18.8 Å². The van der Waals surface area contributed by atoms with E-state index in [-0.39, 0.29) is 29.5 Å². The highest BCUT2D eigenvalue weighted by molar-refractivity contribution is 6.54. The highest BCUT2D eigenvalue weighted by Gasteiger charge is 2.34. The first-order valence-electron chi connectivity index (χ1n) is 11.4. The van der Waals surface area contributed by atoms with Crippen LogP contribution in [0.2, 0.25) is 0 Å². The summed E-state index contributed by atoms with van der Waals surface area (Å²) in [5.74, 6) is -1.17. The molecule has 35 heavy (non-hydrogen) atoms. The summed E-state index contributed by atoms with van der Waals surface area (Å²) in [6.07, 6.45) is 0. The minimum absolute atomic E-state index is 0.0129. The molecule has 1 aliphatic rings. The van der Waals surface area contributed by atoms with Gasteiger partial charge in [0.25, 0.3) is 17.7 Å². The molecule has 0 saturated heterocycles. The Balaban J connectivity index is 1.39. The Labute approximate surface area is 204 Å². The lowest BCUT2D eigenvalue weighted by atomic mass is 9.87. The van der Waals surface area contributed by atoms with Gasteiger partial charge in [-0.1, -0.05) is 81.4 Å². The molecular weight excluding hydrogens is 440 g/mol. The number of rotatable bonds is 6. The first kappa shape index (κ1) is 23.9. The third-order valence-electron chi connectivity index (χ3n) is 5.80. The van der Waals surface area contributed by atoms with Crippen LogP contribution < -0.4 is 15.6 Å². The zero-order chi connectivity index (χ0) is 25.0. The Kier molecular flexibility index (Phi) is 6.78. The normalized spacial score (nSPS) is 14.1. The van der Waals surface area contributed by atoms with Crippen LogP contribution in [0, 0.1) is 0 Å². The fraction of sp³-hybridized carbons (Fsp3) is 0.214. The second-order valence-electron chi connectivity index (χ2n) is 9.40. The molecule has 1 aliphatic heterocycles. The van der Waals surface area contributed by atoms with E-state index in [1.54, 1.807) is 23.1 Å². The predicted octanol–water partition coefficient (Wildman–Crippen LogP) is 3.78. The zero-order valence-electron chi connectivity index (χ0n) is 20.0. The van der Waals surface area contributed by atoms with Crippen molar-refractivity contribution in [1.29, 1.82) is 0 Å². The lowest BCUT2D eigenvalue weighted by molar-refractivity contribution is -0.120. The largest absolute Gasteiger partial charge is 0.343 e. The summed E-state index contributed by atoms with van der Waals surface area (Å²) in [5, 5.41) is 6.69. The van der Waals surface area contributed by atoms with E-state index >= 15 is 0 Å². The van der Waals surface area contributed by atoms with E-state index in [9.17, 15) is 14.4 Å². The molecule has 3 aromatic rings. The monoisotopic (exact) mass is 468 g/mol. The Morgan fingerprint density at radius 1 is 0.886 bits per heavy atom. The smallest absolute Gasteiger partial charge is 0.279 e. The van der Waals surface area contributed by atoms with Crippen LogP contribution in [0.15, 0.2) is 84.0 Å². The second-order valence-corrected chi connectivity index (χ2v) is 9.40. The summed E-state index contributed by atoms with van der Waals surface area (Å²) in [7, 11) is 0. The van der Waals surface area contributed by atoms with E-state index in [1.807, 2.05) is 60.7 Å². The lowest BCUT2D eigenvalue weighted by Gasteiger charge is -2.19. The quantitative estimate of drug-likeness (QED) is 0.540. The van der Waals surface area contributed by atoms with Crippen LogP contribution in [0.25, 0.3) is 0 Å². The van der Waals surface area contributed by atoms with Crippen molar-refractivity contribution in [3.8, 4) is 0 Å². The van der Waals surface area contributed by atoms with Gasteiger partial charge in [-0.05, 0) is 34.7 Å². The molecule has 7 heteroatoms. The van der Waals surface area contributed by atoms with E-state index in [4.69, 9.17) is 0 Å². The molecule has 7 nitrogen and oxygen atoms in total.